The first-order chi connectivity index (χ1) is 8.34. The molecule has 1 aromatic rings. The maximum Gasteiger partial charge on any atom is 0.339 e. The number of halogens is 1. The molecular formula is C11H14ClNO4S. The predicted octanol–water partition coefficient (Wildman–Crippen LogP) is 1.77. The second-order valence-electron chi connectivity index (χ2n) is 3.55. The Hall–Kier alpha value is -1.11. The highest BCUT2D eigenvalue weighted by molar-refractivity contribution is 7.89. The minimum absolute atomic E-state index is 0.0257. The number of hydrogen-bond acceptors (Lipinski definition) is 4. The lowest BCUT2D eigenvalue weighted by molar-refractivity contribution is 0.0596. The third-order valence-electron chi connectivity index (χ3n) is 2.48. The number of methoxy groups -OCH3 is 1. The van der Waals surface area contributed by atoms with Gasteiger partial charge in [-0.25, -0.2) is 17.5 Å². The topological polar surface area (TPSA) is 63.7 Å². The van der Waals surface area contributed by atoms with Crippen LogP contribution in [0.2, 0.25) is 5.02 Å². The summed E-state index contributed by atoms with van der Waals surface area (Å²) in [5.41, 5.74) is -0.0257. The first kappa shape index (κ1) is 14.9. The lowest BCUT2D eigenvalue weighted by atomic mass is 10.2. The van der Waals surface area contributed by atoms with E-state index in [1.807, 2.05) is 0 Å². The third-order valence-corrected chi connectivity index (χ3v) is 4.69. The Kier molecular flexibility index (Phi) is 4.72. The zero-order chi connectivity index (χ0) is 13.9. The number of benzene rings is 1. The van der Waals surface area contributed by atoms with Gasteiger partial charge in [-0.05, 0) is 18.2 Å². The summed E-state index contributed by atoms with van der Waals surface area (Å²) in [5.74, 6) is -0.713. The molecule has 0 saturated carbocycles. The van der Waals surface area contributed by atoms with E-state index < -0.39 is 16.0 Å². The van der Waals surface area contributed by atoms with Crippen molar-refractivity contribution in [2.24, 2.45) is 0 Å². The van der Waals surface area contributed by atoms with Crippen LogP contribution in [-0.2, 0) is 14.8 Å². The zero-order valence-corrected chi connectivity index (χ0v) is 11.9. The molecule has 1 aromatic carbocycles. The summed E-state index contributed by atoms with van der Waals surface area (Å²) in [6, 6.07) is 4.03. The molecule has 0 aliphatic carbocycles. The van der Waals surface area contributed by atoms with Gasteiger partial charge in [-0.1, -0.05) is 18.5 Å². The van der Waals surface area contributed by atoms with Gasteiger partial charge in [0.25, 0.3) is 0 Å². The molecule has 100 valence electrons. The molecule has 7 heteroatoms. The molecule has 0 fully saturated rings. The van der Waals surface area contributed by atoms with Gasteiger partial charge in [0.05, 0.1) is 17.6 Å². The maximum absolute atomic E-state index is 12.2. The first-order valence-corrected chi connectivity index (χ1v) is 7.00. The molecule has 0 heterocycles. The Morgan fingerprint density at radius 2 is 2.06 bits per heavy atom. The van der Waals surface area contributed by atoms with Crippen LogP contribution in [0.3, 0.4) is 0 Å². The van der Waals surface area contributed by atoms with Crippen molar-refractivity contribution < 1.29 is 17.9 Å². The SMILES string of the molecule is CCN(C)S(=O)(=O)c1cc(Cl)ccc1C(=O)OC. The van der Waals surface area contributed by atoms with Crippen molar-refractivity contribution in [1.82, 2.24) is 4.31 Å². The summed E-state index contributed by atoms with van der Waals surface area (Å²) >= 11 is 5.78. The molecule has 0 atom stereocenters. The maximum atomic E-state index is 12.2. The monoisotopic (exact) mass is 291 g/mol. The van der Waals surface area contributed by atoms with E-state index in [4.69, 9.17) is 11.6 Å². The van der Waals surface area contributed by atoms with E-state index in [-0.39, 0.29) is 22.0 Å². The zero-order valence-electron chi connectivity index (χ0n) is 10.3. The van der Waals surface area contributed by atoms with Gasteiger partial charge in [0, 0.05) is 18.6 Å². The molecule has 1 rings (SSSR count). The van der Waals surface area contributed by atoms with Crippen LogP contribution in [0.4, 0.5) is 0 Å². The Morgan fingerprint density at radius 3 is 2.56 bits per heavy atom. The van der Waals surface area contributed by atoms with E-state index in [0.717, 1.165) is 4.31 Å². The van der Waals surface area contributed by atoms with Gasteiger partial charge in [0.15, 0.2) is 0 Å². The van der Waals surface area contributed by atoms with Gasteiger partial charge in [0.2, 0.25) is 10.0 Å². The minimum atomic E-state index is -3.75. The highest BCUT2D eigenvalue weighted by atomic mass is 35.5. The Labute approximate surface area is 111 Å². The highest BCUT2D eigenvalue weighted by Gasteiger charge is 2.26. The Bertz CT molecular complexity index is 556. The van der Waals surface area contributed by atoms with Crippen molar-refractivity contribution in [2.45, 2.75) is 11.8 Å². The van der Waals surface area contributed by atoms with Gasteiger partial charge < -0.3 is 4.74 Å². The molecule has 0 spiro atoms. The van der Waals surface area contributed by atoms with E-state index in [1.165, 1.54) is 32.4 Å². The van der Waals surface area contributed by atoms with Gasteiger partial charge in [0.1, 0.15) is 0 Å². The normalized spacial score (nSPS) is 11.6. The minimum Gasteiger partial charge on any atom is -0.465 e. The smallest absolute Gasteiger partial charge is 0.339 e. The summed E-state index contributed by atoms with van der Waals surface area (Å²) in [6.45, 7) is 1.98. The number of carbonyl (C=O) groups is 1. The van der Waals surface area contributed by atoms with Gasteiger partial charge >= 0.3 is 5.97 Å². The second-order valence-corrected chi connectivity index (χ2v) is 6.00. The average molecular weight is 292 g/mol. The van der Waals surface area contributed by atoms with Crippen molar-refractivity contribution in [1.29, 1.82) is 0 Å². The second kappa shape index (κ2) is 5.69. The molecule has 0 aliphatic rings. The van der Waals surface area contributed by atoms with Gasteiger partial charge in [-0.3, -0.25) is 0 Å². The van der Waals surface area contributed by atoms with Crippen molar-refractivity contribution in [3.8, 4) is 0 Å². The lowest BCUT2D eigenvalue weighted by Crippen LogP contribution is -2.28. The van der Waals surface area contributed by atoms with Crippen molar-refractivity contribution in [2.75, 3.05) is 20.7 Å². The van der Waals surface area contributed by atoms with E-state index in [9.17, 15) is 13.2 Å². The molecule has 0 radical (unpaired) electrons. The fourth-order valence-electron chi connectivity index (χ4n) is 1.33. The molecular weight excluding hydrogens is 278 g/mol. The largest absolute Gasteiger partial charge is 0.465 e. The van der Waals surface area contributed by atoms with E-state index in [2.05, 4.69) is 4.74 Å². The van der Waals surface area contributed by atoms with Crippen LogP contribution in [0, 0.1) is 0 Å². The number of rotatable bonds is 4. The molecule has 0 saturated heterocycles. The van der Waals surface area contributed by atoms with E-state index in [0.29, 0.717) is 0 Å². The van der Waals surface area contributed by atoms with Crippen molar-refractivity contribution in [3.63, 3.8) is 0 Å². The molecule has 0 amide bonds. The molecule has 0 aromatic heterocycles. The van der Waals surface area contributed by atoms with Crippen molar-refractivity contribution >= 4 is 27.6 Å². The predicted molar refractivity (Wildman–Crippen MR) is 68.3 cm³/mol. The Balaban J connectivity index is 3.48. The van der Waals surface area contributed by atoms with E-state index >= 15 is 0 Å². The summed E-state index contributed by atoms with van der Waals surface area (Å²) in [6.07, 6.45) is 0. The summed E-state index contributed by atoms with van der Waals surface area (Å²) in [4.78, 5) is 11.4. The van der Waals surface area contributed by atoms with Crippen LogP contribution in [0.25, 0.3) is 0 Å². The quantitative estimate of drug-likeness (QED) is 0.793. The lowest BCUT2D eigenvalue weighted by Gasteiger charge is -2.17. The highest BCUT2D eigenvalue weighted by Crippen LogP contribution is 2.24. The molecule has 0 N–H and O–H groups in total. The van der Waals surface area contributed by atoms with Gasteiger partial charge in [-0.2, -0.15) is 0 Å². The third kappa shape index (κ3) is 2.82. The number of esters is 1. The van der Waals surface area contributed by atoms with Crippen LogP contribution in [0.15, 0.2) is 23.1 Å². The van der Waals surface area contributed by atoms with Crippen LogP contribution in [0.5, 0.6) is 0 Å². The average Bonchev–Trinajstić information content (AvgIpc) is 2.36. The van der Waals surface area contributed by atoms with Crippen LogP contribution in [-0.4, -0.2) is 39.4 Å². The molecule has 5 nitrogen and oxygen atoms in total. The number of hydrogen-bond donors (Lipinski definition) is 0. The fourth-order valence-corrected chi connectivity index (χ4v) is 2.94. The number of sulfonamides is 1. The molecule has 0 aliphatic heterocycles. The Morgan fingerprint density at radius 1 is 1.44 bits per heavy atom. The summed E-state index contributed by atoms with van der Waals surface area (Å²) < 4.78 is 30.1. The molecule has 18 heavy (non-hydrogen) atoms. The fraction of sp³-hybridized carbons (Fsp3) is 0.364. The van der Waals surface area contributed by atoms with Crippen LogP contribution in [0.1, 0.15) is 17.3 Å². The van der Waals surface area contributed by atoms with Crippen molar-refractivity contribution in [3.05, 3.63) is 28.8 Å². The number of carbonyl (C=O) groups excluding carboxylic acids is 1. The summed E-state index contributed by atoms with van der Waals surface area (Å²) in [7, 11) is -1.13. The van der Waals surface area contributed by atoms with Gasteiger partial charge in [-0.15, -0.1) is 0 Å². The van der Waals surface area contributed by atoms with Crippen LogP contribution >= 0.6 is 11.6 Å². The number of nitrogens with zero attached hydrogens (tertiary/aromatic N) is 1. The first-order valence-electron chi connectivity index (χ1n) is 5.18. The molecule has 0 unspecified atom stereocenters. The van der Waals surface area contributed by atoms with Crippen LogP contribution < -0.4 is 0 Å². The summed E-state index contributed by atoms with van der Waals surface area (Å²) in [5, 5.41) is 0.241. The van der Waals surface area contributed by atoms with E-state index in [1.54, 1.807) is 6.92 Å². The number of ether oxygens (including phenoxy) is 1. The standard InChI is InChI=1S/C11H14ClNO4S/c1-4-13(2)18(15,16)10-7-8(12)5-6-9(10)11(14)17-3/h5-7H,4H2,1-3H3. The molecule has 0 bridgehead atoms.